The molecule has 0 radical (unpaired) electrons. The number of halogens is 1. The number of rotatable bonds is 6. The first kappa shape index (κ1) is 20.5. The summed E-state index contributed by atoms with van der Waals surface area (Å²) in [5.74, 6) is -0.550. The van der Waals surface area contributed by atoms with Crippen molar-refractivity contribution in [3.8, 4) is 0 Å². The Morgan fingerprint density at radius 3 is 2.80 bits per heavy atom. The SMILES string of the molecule is CC(=O)NC[C@H]1CN(c2ccc(N3CCN(Cc4nccs4)CC3)c(F)c2)C(=O)O1. The van der Waals surface area contributed by atoms with E-state index in [2.05, 4.69) is 15.2 Å². The number of cyclic esters (lactones) is 1. The fourth-order valence-electron chi connectivity index (χ4n) is 3.69. The summed E-state index contributed by atoms with van der Waals surface area (Å²) in [4.78, 5) is 33.2. The van der Waals surface area contributed by atoms with Crippen LogP contribution in [0, 0.1) is 5.82 Å². The highest BCUT2D eigenvalue weighted by molar-refractivity contribution is 7.09. The number of aromatic nitrogens is 1. The number of nitrogens with one attached hydrogen (secondary N) is 1. The Bertz CT molecular complexity index is 902. The molecule has 0 bridgehead atoms. The lowest BCUT2D eigenvalue weighted by atomic mass is 10.2. The Morgan fingerprint density at radius 2 is 2.13 bits per heavy atom. The summed E-state index contributed by atoms with van der Waals surface area (Å²) in [5.41, 5.74) is 0.990. The van der Waals surface area contributed by atoms with Crippen LogP contribution in [0.5, 0.6) is 0 Å². The molecule has 0 spiro atoms. The van der Waals surface area contributed by atoms with E-state index in [-0.39, 0.29) is 24.8 Å². The third-order valence-electron chi connectivity index (χ3n) is 5.25. The molecule has 10 heteroatoms. The van der Waals surface area contributed by atoms with E-state index in [0.717, 1.165) is 37.7 Å². The minimum absolute atomic E-state index is 0.188. The fraction of sp³-hybridized carbons (Fsp3) is 0.450. The second-order valence-electron chi connectivity index (χ2n) is 7.38. The minimum Gasteiger partial charge on any atom is -0.442 e. The van der Waals surface area contributed by atoms with Crippen molar-refractivity contribution in [2.45, 2.75) is 19.6 Å². The molecule has 30 heavy (non-hydrogen) atoms. The molecule has 0 unspecified atom stereocenters. The minimum atomic E-state index is -0.534. The molecule has 1 N–H and O–H groups in total. The summed E-state index contributed by atoms with van der Waals surface area (Å²) < 4.78 is 20.1. The number of hydrogen-bond donors (Lipinski definition) is 1. The number of amides is 2. The number of nitrogens with zero attached hydrogens (tertiary/aromatic N) is 4. The molecule has 2 fully saturated rings. The average molecular weight is 434 g/mol. The molecule has 2 aliphatic heterocycles. The van der Waals surface area contributed by atoms with Gasteiger partial charge in [-0.3, -0.25) is 14.6 Å². The van der Waals surface area contributed by atoms with Gasteiger partial charge in [0.15, 0.2) is 0 Å². The second kappa shape index (κ2) is 8.97. The van der Waals surface area contributed by atoms with Gasteiger partial charge < -0.3 is 15.0 Å². The molecule has 160 valence electrons. The number of anilines is 2. The van der Waals surface area contributed by atoms with Gasteiger partial charge in [0.2, 0.25) is 5.91 Å². The van der Waals surface area contributed by atoms with E-state index in [9.17, 15) is 14.0 Å². The van der Waals surface area contributed by atoms with Gasteiger partial charge in [0.05, 0.1) is 31.0 Å². The van der Waals surface area contributed by atoms with Gasteiger partial charge in [-0.25, -0.2) is 14.2 Å². The van der Waals surface area contributed by atoms with Gasteiger partial charge in [-0.2, -0.15) is 0 Å². The van der Waals surface area contributed by atoms with Crippen LogP contribution < -0.4 is 15.1 Å². The Morgan fingerprint density at radius 1 is 1.33 bits per heavy atom. The van der Waals surface area contributed by atoms with Crippen LogP contribution in [0.1, 0.15) is 11.9 Å². The van der Waals surface area contributed by atoms with E-state index in [0.29, 0.717) is 11.4 Å². The maximum absolute atomic E-state index is 14.9. The van der Waals surface area contributed by atoms with Crippen LogP contribution in [-0.4, -0.2) is 67.3 Å². The summed E-state index contributed by atoms with van der Waals surface area (Å²) in [7, 11) is 0. The predicted octanol–water partition coefficient (Wildman–Crippen LogP) is 2.07. The number of benzene rings is 1. The lowest BCUT2D eigenvalue weighted by Gasteiger charge is -2.36. The molecule has 2 amide bonds. The molecule has 3 heterocycles. The van der Waals surface area contributed by atoms with Crippen LogP contribution in [0.4, 0.5) is 20.6 Å². The van der Waals surface area contributed by atoms with Gasteiger partial charge >= 0.3 is 6.09 Å². The average Bonchev–Trinajstić information content (AvgIpc) is 3.36. The normalized spacial score (nSPS) is 19.8. The first-order chi connectivity index (χ1) is 14.5. The summed E-state index contributed by atoms with van der Waals surface area (Å²) in [6.07, 6.45) is 0.828. The molecule has 1 atom stereocenters. The van der Waals surface area contributed by atoms with Crippen LogP contribution in [0.25, 0.3) is 0 Å². The Balaban J connectivity index is 1.35. The van der Waals surface area contributed by atoms with E-state index >= 15 is 0 Å². The van der Waals surface area contributed by atoms with E-state index in [4.69, 9.17) is 4.74 Å². The number of thiazole rings is 1. The van der Waals surface area contributed by atoms with Crippen molar-refractivity contribution >= 4 is 34.7 Å². The third kappa shape index (κ3) is 4.71. The highest BCUT2D eigenvalue weighted by Gasteiger charge is 2.33. The summed E-state index contributed by atoms with van der Waals surface area (Å²) >= 11 is 1.65. The third-order valence-corrected chi connectivity index (χ3v) is 6.02. The smallest absolute Gasteiger partial charge is 0.414 e. The van der Waals surface area contributed by atoms with Crippen LogP contribution in [0.2, 0.25) is 0 Å². The zero-order valence-corrected chi connectivity index (χ0v) is 17.5. The number of carbonyl (C=O) groups excluding carboxylic acids is 2. The molecular formula is C20H24FN5O3S. The van der Waals surface area contributed by atoms with Crippen LogP contribution in [-0.2, 0) is 16.1 Å². The van der Waals surface area contributed by atoms with Crippen molar-refractivity contribution in [2.24, 2.45) is 0 Å². The zero-order valence-electron chi connectivity index (χ0n) is 16.7. The molecular weight excluding hydrogens is 409 g/mol. The maximum Gasteiger partial charge on any atom is 0.414 e. The molecule has 4 rings (SSSR count). The van der Waals surface area contributed by atoms with E-state index in [1.165, 1.54) is 17.9 Å². The van der Waals surface area contributed by atoms with Crippen molar-refractivity contribution in [3.63, 3.8) is 0 Å². The lowest BCUT2D eigenvalue weighted by molar-refractivity contribution is -0.119. The summed E-state index contributed by atoms with van der Waals surface area (Å²) in [6.45, 7) is 5.87. The highest BCUT2D eigenvalue weighted by atomic mass is 32.1. The first-order valence-electron chi connectivity index (χ1n) is 9.87. The molecule has 0 aliphatic carbocycles. The number of piperazine rings is 1. The Hall–Kier alpha value is -2.72. The van der Waals surface area contributed by atoms with Gasteiger partial charge in [-0.15, -0.1) is 11.3 Å². The molecule has 2 aromatic rings. The number of carbonyl (C=O) groups is 2. The van der Waals surface area contributed by atoms with Crippen LogP contribution in [0.15, 0.2) is 29.8 Å². The molecule has 8 nitrogen and oxygen atoms in total. The fourth-order valence-corrected chi connectivity index (χ4v) is 4.34. The Kier molecular flexibility index (Phi) is 6.14. The second-order valence-corrected chi connectivity index (χ2v) is 8.36. The maximum atomic E-state index is 14.9. The van der Waals surface area contributed by atoms with E-state index < -0.39 is 12.2 Å². The highest BCUT2D eigenvalue weighted by Crippen LogP contribution is 2.28. The quantitative estimate of drug-likeness (QED) is 0.752. The summed E-state index contributed by atoms with van der Waals surface area (Å²) in [6, 6.07) is 4.83. The van der Waals surface area contributed by atoms with E-state index in [1.807, 2.05) is 16.5 Å². The molecule has 2 saturated heterocycles. The van der Waals surface area contributed by atoms with Crippen molar-refractivity contribution in [1.29, 1.82) is 0 Å². The van der Waals surface area contributed by atoms with Gasteiger partial charge in [-0.1, -0.05) is 0 Å². The number of hydrogen-bond acceptors (Lipinski definition) is 7. The van der Waals surface area contributed by atoms with Crippen molar-refractivity contribution in [2.75, 3.05) is 49.1 Å². The first-order valence-corrected chi connectivity index (χ1v) is 10.8. The van der Waals surface area contributed by atoms with Crippen molar-refractivity contribution in [1.82, 2.24) is 15.2 Å². The summed E-state index contributed by atoms with van der Waals surface area (Å²) in [5, 5.41) is 5.69. The monoisotopic (exact) mass is 433 g/mol. The van der Waals surface area contributed by atoms with Crippen molar-refractivity contribution in [3.05, 3.63) is 40.6 Å². The van der Waals surface area contributed by atoms with Gasteiger partial charge in [0.1, 0.15) is 16.9 Å². The number of ether oxygens (including phenoxy) is 1. The standard InChI is InChI=1S/C20H24FN5O3S/c1-14(27)23-11-16-12-26(20(28)29-16)15-2-3-18(17(21)10-15)25-7-5-24(6-8-25)13-19-22-4-9-30-19/h2-4,9-10,16H,5-8,11-13H2,1H3,(H,23,27)/t16-/m0/s1. The Labute approximate surface area is 178 Å². The van der Waals surface area contributed by atoms with Crippen LogP contribution >= 0.6 is 11.3 Å². The van der Waals surface area contributed by atoms with Gasteiger partial charge in [0.25, 0.3) is 0 Å². The lowest BCUT2D eigenvalue weighted by Crippen LogP contribution is -2.46. The van der Waals surface area contributed by atoms with Crippen LogP contribution in [0.3, 0.4) is 0 Å². The molecule has 2 aliphatic rings. The predicted molar refractivity (Wildman–Crippen MR) is 112 cm³/mol. The zero-order chi connectivity index (χ0) is 21.1. The molecule has 0 saturated carbocycles. The molecule has 1 aromatic heterocycles. The topological polar surface area (TPSA) is 78.0 Å². The van der Waals surface area contributed by atoms with E-state index in [1.54, 1.807) is 23.5 Å². The largest absolute Gasteiger partial charge is 0.442 e. The van der Waals surface area contributed by atoms with Crippen molar-refractivity contribution < 1.29 is 18.7 Å². The van der Waals surface area contributed by atoms with Gasteiger partial charge in [-0.05, 0) is 18.2 Å². The van der Waals surface area contributed by atoms with Gasteiger partial charge in [0, 0.05) is 44.7 Å². The molecule has 1 aromatic carbocycles.